The minimum absolute atomic E-state index is 0. The number of hydrogen-bond acceptors (Lipinski definition) is 0. The first-order valence-corrected chi connectivity index (χ1v) is 3.65. The molecule has 0 spiro atoms. The number of hydrogen-bond donors (Lipinski definition) is 0. The lowest BCUT2D eigenvalue weighted by atomic mass is 9.86. The molecular formula is C9H14BF. The molecule has 1 aromatic carbocycles. The van der Waals surface area contributed by atoms with Crippen LogP contribution >= 0.6 is 0 Å². The summed E-state index contributed by atoms with van der Waals surface area (Å²) in [4.78, 5) is 0. The van der Waals surface area contributed by atoms with Crippen LogP contribution in [0.2, 0.25) is 0 Å². The van der Waals surface area contributed by atoms with Crippen LogP contribution in [-0.4, -0.2) is 7.85 Å². The molecule has 0 heterocycles. The van der Waals surface area contributed by atoms with Crippen molar-refractivity contribution in [3.8, 4) is 0 Å². The van der Waals surface area contributed by atoms with Gasteiger partial charge >= 0.3 is 0 Å². The molecule has 2 heteroatoms. The van der Waals surface area contributed by atoms with Crippen LogP contribution < -0.4 is 5.46 Å². The van der Waals surface area contributed by atoms with Crippen molar-refractivity contribution < 1.29 is 4.70 Å². The van der Waals surface area contributed by atoms with E-state index in [2.05, 4.69) is 40.8 Å². The Labute approximate surface area is 68.4 Å². The molecule has 0 unspecified atom stereocenters. The van der Waals surface area contributed by atoms with Crippen molar-refractivity contribution in [3.05, 3.63) is 28.8 Å². The normalized spacial score (nSPS) is 9.00. The van der Waals surface area contributed by atoms with Gasteiger partial charge < -0.3 is 0 Å². The van der Waals surface area contributed by atoms with Gasteiger partial charge in [-0.15, -0.1) is 0 Å². The fraction of sp³-hybridized carbons (Fsp3) is 0.333. The minimum Gasteiger partial charge on any atom is -0.269 e. The molecule has 0 bridgehead atoms. The molecule has 0 aliphatic heterocycles. The van der Waals surface area contributed by atoms with Crippen LogP contribution in [0.15, 0.2) is 12.1 Å². The van der Waals surface area contributed by atoms with E-state index in [1.807, 2.05) is 0 Å². The van der Waals surface area contributed by atoms with Crippen LogP contribution in [0, 0.1) is 20.8 Å². The van der Waals surface area contributed by atoms with Crippen LogP contribution in [0.5, 0.6) is 0 Å². The molecule has 1 rings (SSSR count). The molecule has 0 fully saturated rings. The van der Waals surface area contributed by atoms with Gasteiger partial charge in [-0.2, -0.15) is 0 Å². The topological polar surface area (TPSA) is 0 Å². The van der Waals surface area contributed by atoms with Gasteiger partial charge in [0.05, 0.1) is 0 Å². The second-order valence-electron chi connectivity index (χ2n) is 3.02. The fourth-order valence-electron chi connectivity index (χ4n) is 1.25. The highest BCUT2D eigenvalue weighted by Crippen LogP contribution is 2.03. The van der Waals surface area contributed by atoms with E-state index in [1.54, 1.807) is 0 Å². The van der Waals surface area contributed by atoms with Crippen molar-refractivity contribution in [2.24, 2.45) is 0 Å². The first-order valence-electron chi connectivity index (χ1n) is 3.65. The van der Waals surface area contributed by atoms with Crippen LogP contribution in [0.4, 0.5) is 4.70 Å². The lowest BCUT2D eigenvalue weighted by Crippen LogP contribution is -2.11. The van der Waals surface area contributed by atoms with E-state index in [4.69, 9.17) is 0 Å². The lowest BCUT2D eigenvalue weighted by molar-refractivity contribution is 1.11. The molecule has 0 radical (unpaired) electrons. The number of halogens is 1. The molecule has 0 amide bonds. The zero-order chi connectivity index (χ0) is 7.72. The molecule has 0 saturated carbocycles. The molecule has 60 valence electrons. The average Bonchev–Trinajstić information content (AvgIpc) is 1.82. The second-order valence-corrected chi connectivity index (χ2v) is 3.02. The van der Waals surface area contributed by atoms with E-state index < -0.39 is 0 Å². The summed E-state index contributed by atoms with van der Waals surface area (Å²) >= 11 is 0. The summed E-state index contributed by atoms with van der Waals surface area (Å²) in [6, 6.07) is 4.45. The SMILES string of the molecule is Bc1c(C)cc(C)cc1C.F. The molecule has 1 aromatic rings. The monoisotopic (exact) mass is 152 g/mol. The second kappa shape index (κ2) is 3.56. The molecule has 0 aliphatic carbocycles. The molecule has 0 aliphatic rings. The van der Waals surface area contributed by atoms with E-state index in [0.29, 0.717) is 0 Å². The summed E-state index contributed by atoms with van der Waals surface area (Å²) in [6.45, 7) is 6.46. The van der Waals surface area contributed by atoms with E-state index in [1.165, 1.54) is 22.2 Å². The largest absolute Gasteiger partial charge is 0.269 e. The van der Waals surface area contributed by atoms with Gasteiger partial charge in [0.2, 0.25) is 0 Å². The van der Waals surface area contributed by atoms with Gasteiger partial charge in [0.1, 0.15) is 7.85 Å². The average molecular weight is 152 g/mol. The number of aryl methyl sites for hydroxylation is 3. The van der Waals surface area contributed by atoms with Gasteiger partial charge in [-0.3, -0.25) is 4.70 Å². The highest BCUT2D eigenvalue weighted by atomic mass is 19.0. The maximum atomic E-state index is 2.22. The van der Waals surface area contributed by atoms with Crippen molar-refractivity contribution in [3.63, 3.8) is 0 Å². The van der Waals surface area contributed by atoms with Gasteiger partial charge in [-0.05, 0) is 20.8 Å². The van der Waals surface area contributed by atoms with Crippen molar-refractivity contribution >= 4 is 13.3 Å². The number of benzene rings is 1. The molecule has 0 nitrogen and oxygen atoms in total. The van der Waals surface area contributed by atoms with Crippen LogP contribution in [-0.2, 0) is 0 Å². The molecule has 0 N–H and O–H groups in total. The third kappa shape index (κ3) is 2.07. The Morgan fingerprint density at radius 2 is 1.36 bits per heavy atom. The molecule has 0 aromatic heterocycles. The van der Waals surface area contributed by atoms with Crippen LogP contribution in [0.3, 0.4) is 0 Å². The summed E-state index contributed by atoms with van der Waals surface area (Å²) in [5.41, 5.74) is 5.58. The summed E-state index contributed by atoms with van der Waals surface area (Å²) < 4.78 is 0. The Morgan fingerprint density at radius 3 is 1.73 bits per heavy atom. The summed E-state index contributed by atoms with van der Waals surface area (Å²) in [5.74, 6) is 0. The lowest BCUT2D eigenvalue weighted by Gasteiger charge is -2.05. The van der Waals surface area contributed by atoms with Gasteiger partial charge in [-0.25, -0.2) is 0 Å². The third-order valence-electron chi connectivity index (χ3n) is 2.07. The maximum Gasteiger partial charge on any atom is 0.139 e. The zero-order valence-electron chi connectivity index (χ0n) is 7.56. The van der Waals surface area contributed by atoms with Gasteiger partial charge in [0.25, 0.3) is 0 Å². The molecule has 11 heavy (non-hydrogen) atoms. The zero-order valence-corrected chi connectivity index (χ0v) is 7.56. The Bertz CT molecular complexity index is 233. The summed E-state index contributed by atoms with van der Waals surface area (Å²) in [5, 5.41) is 0. The third-order valence-corrected chi connectivity index (χ3v) is 2.07. The smallest absolute Gasteiger partial charge is 0.139 e. The van der Waals surface area contributed by atoms with E-state index in [0.717, 1.165) is 0 Å². The molecule has 0 saturated heterocycles. The quantitative estimate of drug-likeness (QED) is 0.487. The standard InChI is InChI=1S/C9H13B.FH/c1-6-4-7(2)9(10)8(3)5-6;/h4-5H,10H2,1-3H3;1H. The minimum atomic E-state index is 0. The van der Waals surface area contributed by atoms with Crippen molar-refractivity contribution in [2.75, 3.05) is 0 Å². The van der Waals surface area contributed by atoms with Gasteiger partial charge in [0, 0.05) is 0 Å². The maximum absolute atomic E-state index is 2.22. The number of rotatable bonds is 0. The Morgan fingerprint density at radius 1 is 1.00 bits per heavy atom. The fourth-order valence-corrected chi connectivity index (χ4v) is 1.25. The van der Waals surface area contributed by atoms with Crippen molar-refractivity contribution in [1.82, 2.24) is 0 Å². The first-order chi connectivity index (χ1) is 4.61. The highest BCUT2D eigenvalue weighted by Gasteiger charge is 1.95. The van der Waals surface area contributed by atoms with Gasteiger partial charge in [0.15, 0.2) is 0 Å². The molecule has 0 atom stereocenters. The Balaban J connectivity index is 0.000001000. The predicted molar refractivity (Wildman–Crippen MR) is 51.3 cm³/mol. The van der Waals surface area contributed by atoms with Gasteiger partial charge in [-0.1, -0.05) is 34.3 Å². The summed E-state index contributed by atoms with van der Waals surface area (Å²) in [6.07, 6.45) is 0. The Hall–Kier alpha value is -0.785. The van der Waals surface area contributed by atoms with Crippen molar-refractivity contribution in [2.45, 2.75) is 20.8 Å². The van der Waals surface area contributed by atoms with E-state index in [9.17, 15) is 0 Å². The highest BCUT2D eigenvalue weighted by molar-refractivity contribution is 6.34. The first kappa shape index (κ1) is 10.2. The van der Waals surface area contributed by atoms with E-state index >= 15 is 0 Å². The predicted octanol–water partition coefficient (Wildman–Crippen LogP) is 1.02. The molecular weight excluding hydrogens is 138 g/mol. The summed E-state index contributed by atoms with van der Waals surface area (Å²) in [7, 11) is 2.17. The van der Waals surface area contributed by atoms with Crippen LogP contribution in [0.1, 0.15) is 16.7 Å². The van der Waals surface area contributed by atoms with E-state index in [-0.39, 0.29) is 4.70 Å². The van der Waals surface area contributed by atoms with Crippen molar-refractivity contribution in [1.29, 1.82) is 0 Å². The Kier molecular flexibility index (Phi) is 3.31. The van der Waals surface area contributed by atoms with Crippen LogP contribution in [0.25, 0.3) is 0 Å².